The van der Waals surface area contributed by atoms with Gasteiger partial charge in [-0.15, -0.1) is 6.42 Å². The number of methoxy groups -OCH3 is 3. The third kappa shape index (κ3) is 2.61. The normalized spacial score (nSPS) is 11.5. The van der Waals surface area contributed by atoms with Crippen LogP contribution in [0.1, 0.15) is 11.6 Å². The van der Waals surface area contributed by atoms with Crippen LogP contribution in [0.2, 0.25) is 0 Å². The number of hydrogen-bond acceptors (Lipinski definition) is 5. The van der Waals surface area contributed by atoms with Crippen LogP contribution < -0.4 is 25.5 Å². The van der Waals surface area contributed by atoms with E-state index < -0.39 is 6.04 Å². The Labute approximate surface area is 101 Å². The molecule has 1 rings (SSSR count). The Kier molecular flexibility index (Phi) is 4.64. The third-order valence-corrected chi connectivity index (χ3v) is 2.38. The maximum absolute atomic E-state index is 5.38. The van der Waals surface area contributed by atoms with Crippen molar-refractivity contribution in [3.63, 3.8) is 0 Å². The minimum atomic E-state index is -0.454. The van der Waals surface area contributed by atoms with Gasteiger partial charge in [0.1, 0.15) is 11.8 Å². The van der Waals surface area contributed by atoms with Crippen LogP contribution in [0.25, 0.3) is 0 Å². The van der Waals surface area contributed by atoms with E-state index in [4.69, 9.17) is 26.5 Å². The second-order valence-electron chi connectivity index (χ2n) is 3.22. The molecule has 17 heavy (non-hydrogen) atoms. The van der Waals surface area contributed by atoms with E-state index in [1.165, 1.54) is 0 Å². The van der Waals surface area contributed by atoms with E-state index in [9.17, 15) is 0 Å². The molecule has 1 aromatic carbocycles. The number of hydrazine groups is 1. The van der Waals surface area contributed by atoms with Gasteiger partial charge in [-0.2, -0.15) is 0 Å². The zero-order valence-electron chi connectivity index (χ0n) is 10.1. The van der Waals surface area contributed by atoms with Gasteiger partial charge < -0.3 is 14.2 Å². The predicted molar refractivity (Wildman–Crippen MR) is 65.0 cm³/mol. The zero-order valence-corrected chi connectivity index (χ0v) is 10.1. The molecule has 5 nitrogen and oxygen atoms in total. The van der Waals surface area contributed by atoms with Crippen LogP contribution in [-0.4, -0.2) is 21.3 Å². The molecule has 0 spiro atoms. The summed E-state index contributed by atoms with van der Waals surface area (Å²) in [5.41, 5.74) is 3.24. The summed E-state index contributed by atoms with van der Waals surface area (Å²) in [6, 6.07) is 2.99. The molecule has 0 radical (unpaired) electrons. The highest BCUT2D eigenvalue weighted by Gasteiger charge is 2.17. The minimum absolute atomic E-state index is 0.454. The second-order valence-corrected chi connectivity index (χ2v) is 3.22. The molecule has 1 aromatic rings. The second kappa shape index (κ2) is 5.99. The van der Waals surface area contributed by atoms with Crippen LogP contribution in [-0.2, 0) is 0 Å². The fraction of sp³-hybridized carbons (Fsp3) is 0.333. The smallest absolute Gasteiger partial charge is 0.164 e. The molecule has 0 aliphatic carbocycles. The van der Waals surface area contributed by atoms with Gasteiger partial charge in [0.05, 0.1) is 21.3 Å². The van der Waals surface area contributed by atoms with Crippen molar-refractivity contribution >= 4 is 0 Å². The van der Waals surface area contributed by atoms with Gasteiger partial charge in [-0.05, 0) is 6.07 Å². The highest BCUT2D eigenvalue weighted by molar-refractivity contribution is 5.53. The van der Waals surface area contributed by atoms with E-state index in [0.717, 1.165) is 5.56 Å². The van der Waals surface area contributed by atoms with E-state index in [2.05, 4.69) is 11.3 Å². The fourth-order valence-electron chi connectivity index (χ4n) is 1.51. The van der Waals surface area contributed by atoms with Gasteiger partial charge >= 0.3 is 0 Å². The van der Waals surface area contributed by atoms with Gasteiger partial charge in [-0.1, -0.05) is 5.92 Å². The molecule has 0 heterocycles. The van der Waals surface area contributed by atoms with Crippen molar-refractivity contribution in [1.29, 1.82) is 0 Å². The first-order chi connectivity index (χ1) is 8.21. The molecule has 0 fully saturated rings. The van der Waals surface area contributed by atoms with Crippen LogP contribution in [0.4, 0.5) is 0 Å². The number of hydrogen-bond donors (Lipinski definition) is 2. The maximum Gasteiger partial charge on any atom is 0.164 e. The van der Waals surface area contributed by atoms with Gasteiger partial charge in [0.15, 0.2) is 11.5 Å². The number of ether oxygens (including phenoxy) is 3. The lowest BCUT2D eigenvalue weighted by atomic mass is 10.1. The lowest BCUT2D eigenvalue weighted by molar-refractivity contribution is 0.346. The summed E-state index contributed by atoms with van der Waals surface area (Å²) in [7, 11) is 4.65. The van der Waals surface area contributed by atoms with Crippen LogP contribution >= 0.6 is 0 Å². The van der Waals surface area contributed by atoms with Crippen molar-refractivity contribution < 1.29 is 14.2 Å². The van der Waals surface area contributed by atoms with Crippen molar-refractivity contribution in [3.8, 4) is 29.6 Å². The molecule has 1 atom stereocenters. The monoisotopic (exact) mass is 236 g/mol. The highest BCUT2D eigenvalue weighted by Crippen LogP contribution is 2.37. The van der Waals surface area contributed by atoms with Gasteiger partial charge in [0, 0.05) is 11.6 Å². The molecule has 3 N–H and O–H groups in total. The number of terminal acetylenes is 1. The van der Waals surface area contributed by atoms with Crippen LogP contribution in [0.3, 0.4) is 0 Å². The average Bonchev–Trinajstić information content (AvgIpc) is 2.39. The fourth-order valence-corrected chi connectivity index (χ4v) is 1.51. The lowest BCUT2D eigenvalue weighted by Crippen LogP contribution is -2.27. The lowest BCUT2D eigenvalue weighted by Gasteiger charge is -2.17. The molecular formula is C12H16N2O3. The Morgan fingerprint density at radius 1 is 1.12 bits per heavy atom. The molecule has 0 saturated carbocycles. The Morgan fingerprint density at radius 2 is 1.65 bits per heavy atom. The van der Waals surface area contributed by atoms with Crippen molar-refractivity contribution in [2.45, 2.75) is 6.04 Å². The van der Waals surface area contributed by atoms with Crippen LogP contribution in [0.5, 0.6) is 17.2 Å². The van der Waals surface area contributed by atoms with Crippen molar-refractivity contribution in [3.05, 3.63) is 17.7 Å². The first-order valence-electron chi connectivity index (χ1n) is 4.94. The molecule has 0 saturated heterocycles. The number of rotatable bonds is 5. The summed E-state index contributed by atoms with van der Waals surface area (Å²) in [6.07, 6.45) is 5.38. The summed E-state index contributed by atoms with van der Waals surface area (Å²) in [5, 5.41) is 0. The largest absolute Gasteiger partial charge is 0.496 e. The Balaban J connectivity index is 3.33. The summed E-state index contributed by atoms with van der Waals surface area (Å²) in [4.78, 5) is 0. The van der Waals surface area contributed by atoms with Gasteiger partial charge in [-0.25, -0.2) is 5.43 Å². The molecule has 0 aliphatic heterocycles. The zero-order chi connectivity index (χ0) is 12.8. The van der Waals surface area contributed by atoms with Crippen molar-refractivity contribution in [2.24, 2.45) is 5.84 Å². The van der Waals surface area contributed by atoms with E-state index in [-0.39, 0.29) is 0 Å². The van der Waals surface area contributed by atoms with E-state index >= 15 is 0 Å². The minimum Gasteiger partial charge on any atom is -0.496 e. The first-order valence-corrected chi connectivity index (χ1v) is 4.94. The van der Waals surface area contributed by atoms with E-state index in [0.29, 0.717) is 17.2 Å². The molecule has 0 aromatic heterocycles. The molecular weight excluding hydrogens is 220 g/mol. The molecule has 0 aliphatic rings. The topological polar surface area (TPSA) is 65.7 Å². The van der Waals surface area contributed by atoms with Crippen LogP contribution in [0.15, 0.2) is 12.1 Å². The Bertz CT molecular complexity index is 426. The average molecular weight is 236 g/mol. The maximum atomic E-state index is 5.38. The van der Waals surface area contributed by atoms with Crippen molar-refractivity contribution in [2.75, 3.05) is 21.3 Å². The molecule has 0 amide bonds. The first kappa shape index (κ1) is 13.2. The number of benzene rings is 1. The van der Waals surface area contributed by atoms with Crippen molar-refractivity contribution in [1.82, 2.24) is 5.43 Å². The standard InChI is InChI=1S/C12H16N2O3/c1-5-9(14-13)8-6-11(16-3)12(17-4)7-10(8)15-2/h1,6-7,9,14H,13H2,2-4H3. The Hall–Kier alpha value is -1.90. The molecule has 92 valence electrons. The summed E-state index contributed by atoms with van der Waals surface area (Å²) in [6.45, 7) is 0. The molecule has 0 bridgehead atoms. The van der Waals surface area contributed by atoms with E-state index in [1.807, 2.05) is 0 Å². The molecule has 1 unspecified atom stereocenters. The summed E-state index contributed by atoms with van der Waals surface area (Å²) >= 11 is 0. The Morgan fingerprint density at radius 3 is 2.06 bits per heavy atom. The van der Waals surface area contributed by atoms with Gasteiger partial charge in [0.2, 0.25) is 0 Å². The van der Waals surface area contributed by atoms with E-state index in [1.54, 1.807) is 33.5 Å². The molecule has 5 heteroatoms. The number of nitrogens with one attached hydrogen (secondary N) is 1. The third-order valence-electron chi connectivity index (χ3n) is 2.38. The predicted octanol–water partition coefficient (Wildman–Crippen LogP) is 0.850. The number of nitrogens with two attached hydrogens (primary N) is 1. The quantitative estimate of drug-likeness (QED) is 0.451. The van der Waals surface area contributed by atoms with Crippen LogP contribution in [0, 0.1) is 12.3 Å². The summed E-state index contributed by atoms with van der Waals surface area (Å²) in [5.74, 6) is 9.63. The summed E-state index contributed by atoms with van der Waals surface area (Å²) < 4.78 is 15.6. The SMILES string of the molecule is C#CC(NN)c1cc(OC)c(OC)cc1OC. The van der Waals surface area contributed by atoms with Gasteiger partial charge in [0.25, 0.3) is 0 Å². The van der Waals surface area contributed by atoms with Gasteiger partial charge in [-0.3, -0.25) is 5.84 Å². The highest BCUT2D eigenvalue weighted by atomic mass is 16.5.